The number of piperidine rings is 2. The van der Waals surface area contributed by atoms with Crippen molar-refractivity contribution in [3.8, 4) is 0 Å². The predicted octanol–water partition coefficient (Wildman–Crippen LogP) is 2.56. The van der Waals surface area contributed by atoms with Crippen molar-refractivity contribution in [1.82, 2.24) is 10.2 Å². The van der Waals surface area contributed by atoms with E-state index in [1.165, 1.54) is 32.5 Å². The van der Waals surface area contributed by atoms with Gasteiger partial charge in [0.2, 0.25) is 0 Å². The van der Waals surface area contributed by atoms with Crippen molar-refractivity contribution < 1.29 is 0 Å². The summed E-state index contributed by atoms with van der Waals surface area (Å²) in [5.41, 5.74) is 0. The number of nitrogens with one attached hydrogen (secondary N) is 1. The first-order valence-corrected chi connectivity index (χ1v) is 7.03. The molecule has 0 aromatic carbocycles. The minimum atomic E-state index is 0.640. The number of hydrogen-bond donors (Lipinski definition) is 1. The second-order valence-electron chi connectivity index (χ2n) is 6.57. The quantitative estimate of drug-likeness (QED) is 0.736. The first-order chi connectivity index (χ1) is 7.56. The summed E-state index contributed by atoms with van der Waals surface area (Å²) < 4.78 is 0. The molecule has 2 heterocycles. The van der Waals surface area contributed by atoms with Crippen molar-refractivity contribution in [1.29, 1.82) is 0 Å². The molecule has 94 valence electrons. The summed E-state index contributed by atoms with van der Waals surface area (Å²) >= 11 is 0. The normalized spacial score (nSPS) is 46.9. The summed E-state index contributed by atoms with van der Waals surface area (Å²) in [6.07, 6.45) is 3.44. The highest BCUT2D eigenvalue weighted by atomic mass is 15.3. The van der Waals surface area contributed by atoms with E-state index in [4.69, 9.17) is 0 Å². The summed E-state index contributed by atoms with van der Waals surface area (Å²) in [4.78, 5) is 2.70. The molecule has 2 heteroatoms. The van der Waals surface area contributed by atoms with Gasteiger partial charge in [0.05, 0.1) is 6.17 Å². The van der Waals surface area contributed by atoms with E-state index in [1.54, 1.807) is 0 Å². The fourth-order valence-corrected chi connectivity index (χ4v) is 3.80. The van der Waals surface area contributed by atoms with Crippen LogP contribution < -0.4 is 5.32 Å². The maximum Gasteiger partial charge on any atom is 0.0623 e. The van der Waals surface area contributed by atoms with Gasteiger partial charge in [0.25, 0.3) is 0 Å². The van der Waals surface area contributed by atoms with Gasteiger partial charge < -0.3 is 5.32 Å². The molecule has 16 heavy (non-hydrogen) atoms. The maximum absolute atomic E-state index is 3.76. The van der Waals surface area contributed by atoms with Gasteiger partial charge in [-0.2, -0.15) is 0 Å². The Morgan fingerprint density at radius 2 is 1.50 bits per heavy atom. The average molecular weight is 224 g/mol. The zero-order chi connectivity index (χ0) is 11.7. The van der Waals surface area contributed by atoms with Gasteiger partial charge in [0, 0.05) is 13.1 Å². The Bertz CT molecular complexity index is 219. The van der Waals surface area contributed by atoms with E-state index in [0.717, 1.165) is 23.7 Å². The smallest absolute Gasteiger partial charge is 0.0623 e. The molecule has 0 aromatic rings. The third-order valence-corrected chi connectivity index (χ3v) is 4.28. The predicted molar refractivity (Wildman–Crippen MR) is 69.3 cm³/mol. The Balaban J connectivity index is 1.95. The van der Waals surface area contributed by atoms with Crippen molar-refractivity contribution in [2.24, 2.45) is 23.7 Å². The third-order valence-electron chi connectivity index (χ3n) is 4.28. The number of nitrogens with zero attached hydrogens (tertiary/aromatic N) is 1. The Morgan fingerprint density at radius 3 is 2.06 bits per heavy atom. The monoisotopic (exact) mass is 224 g/mol. The van der Waals surface area contributed by atoms with E-state index in [0.29, 0.717) is 6.17 Å². The molecule has 0 radical (unpaired) electrons. The molecule has 2 rings (SSSR count). The van der Waals surface area contributed by atoms with Crippen LogP contribution in [0.2, 0.25) is 0 Å². The Labute approximate surface area is 101 Å². The standard InChI is InChI=1S/C14H28N2/c1-10-6-13(4)14(15-7-10)16-8-11(2)5-12(3)9-16/h10-15H,5-9H2,1-4H3. The molecular weight excluding hydrogens is 196 g/mol. The second kappa shape index (κ2) is 5.05. The van der Waals surface area contributed by atoms with E-state index in [9.17, 15) is 0 Å². The van der Waals surface area contributed by atoms with Crippen molar-refractivity contribution in [3.05, 3.63) is 0 Å². The van der Waals surface area contributed by atoms with Gasteiger partial charge in [-0.3, -0.25) is 4.90 Å². The van der Waals surface area contributed by atoms with Gasteiger partial charge in [0.1, 0.15) is 0 Å². The van der Waals surface area contributed by atoms with E-state index < -0.39 is 0 Å². The molecule has 0 aliphatic carbocycles. The number of likely N-dealkylation sites (tertiary alicyclic amines) is 1. The molecule has 2 aliphatic heterocycles. The topological polar surface area (TPSA) is 15.3 Å². The SMILES string of the molecule is CC1CNC(N2CC(C)CC(C)C2)C(C)C1. The molecule has 2 nitrogen and oxygen atoms in total. The van der Waals surface area contributed by atoms with Crippen LogP contribution in [0, 0.1) is 23.7 Å². The van der Waals surface area contributed by atoms with Crippen molar-refractivity contribution in [2.45, 2.75) is 46.7 Å². The van der Waals surface area contributed by atoms with Crippen LogP contribution in [0.15, 0.2) is 0 Å². The number of hydrogen-bond acceptors (Lipinski definition) is 2. The second-order valence-corrected chi connectivity index (χ2v) is 6.57. The van der Waals surface area contributed by atoms with Gasteiger partial charge in [-0.15, -0.1) is 0 Å². The fraction of sp³-hybridized carbons (Fsp3) is 1.00. The van der Waals surface area contributed by atoms with Crippen LogP contribution in [0.5, 0.6) is 0 Å². The van der Waals surface area contributed by atoms with E-state index in [1.807, 2.05) is 0 Å². The average Bonchev–Trinajstić information content (AvgIpc) is 2.15. The third kappa shape index (κ3) is 2.78. The fourth-order valence-electron chi connectivity index (χ4n) is 3.80. The minimum absolute atomic E-state index is 0.640. The lowest BCUT2D eigenvalue weighted by atomic mass is 9.86. The first kappa shape index (κ1) is 12.4. The zero-order valence-electron chi connectivity index (χ0n) is 11.4. The molecule has 1 N–H and O–H groups in total. The van der Waals surface area contributed by atoms with Gasteiger partial charge in [-0.05, 0) is 43.1 Å². The summed E-state index contributed by atoms with van der Waals surface area (Å²) in [7, 11) is 0. The van der Waals surface area contributed by atoms with Crippen LogP contribution in [0.25, 0.3) is 0 Å². The molecule has 0 saturated carbocycles. The zero-order valence-corrected chi connectivity index (χ0v) is 11.4. The molecule has 0 bridgehead atoms. The van der Waals surface area contributed by atoms with Gasteiger partial charge in [-0.1, -0.05) is 27.7 Å². The molecule has 5 atom stereocenters. The molecule has 0 aromatic heterocycles. The number of rotatable bonds is 1. The van der Waals surface area contributed by atoms with E-state index in [2.05, 4.69) is 37.9 Å². The lowest BCUT2D eigenvalue weighted by Crippen LogP contribution is -2.57. The lowest BCUT2D eigenvalue weighted by Gasteiger charge is -2.45. The van der Waals surface area contributed by atoms with Gasteiger partial charge >= 0.3 is 0 Å². The minimum Gasteiger partial charge on any atom is -0.301 e. The first-order valence-electron chi connectivity index (χ1n) is 7.03. The van der Waals surface area contributed by atoms with E-state index >= 15 is 0 Å². The van der Waals surface area contributed by atoms with Crippen LogP contribution >= 0.6 is 0 Å². The van der Waals surface area contributed by atoms with Crippen molar-refractivity contribution >= 4 is 0 Å². The molecule has 0 amide bonds. The van der Waals surface area contributed by atoms with Crippen LogP contribution in [0.4, 0.5) is 0 Å². The van der Waals surface area contributed by atoms with Crippen LogP contribution in [-0.2, 0) is 0 Å². The highest BCUT2D eigenvalue weighted by Gasteiger charge is 2.33. The van der Waals surface area contributed by atoms with Crippen LogP contribution in [0.3, 0.4) is 0 Å². The molecule has 2 fully saturated rings. The summed E-state index contributed by atoms with van der Waals surface area (Å²) in [5, 5.41) is 3.76. The summed E-state index contributed by atoms with van der Waals surface area (Å²) in [5.74, 6) is 3.40. The highest BCUT2D eigenvalue weighted by Crippen LogP contribution is 2.28. The largest absolute Gasteiger partial charge is 0.301 e. The molecule has 2 aliphatic rings. The molecular formula is C14H28N2. The van der Waals surface area contributed by atoms with Crippen LogP contribution in [-0.4, -0.2) is 30.7 Å². The Morgan fingerprint density at radius 1 is 0.875 bits per heavy atom. The van der Waals surface area contributed by atoms with Gasteiger partial charge in [-0.25, -0.2) is 0 Å². The summed E-state index contributed by atoms with van der Waals surface area (Å²) in [6, 6.07) is 0. The maximum atomic E-state index is 3.76. The Hall–Kier alpha value is -0.0800. The molecule has 0 spiro atoms. The Kier molecular flexibility index (Phi) is 3.91. The molecule has 5 unspecified atom stereocenters. The van der Waals surface area contributed by atoms with Crippen LogP contribution in [0.1, 0.15) is 40.5 Å². The summed E-state index contributed by atoms with van der Waals surface area (Å²) in [6.45, 7) is 13.4. The van der Waals surface area contributed by atoms with E-state index in [-0.39, 0.29) is 0 Å². The lowest BCUT2D eigenvalue weighted by molar-refractivity contribution is 0.0266. The highest BCUT2D eigenvalue weighted by molar-refractivity contribution is 4.86. The van der Waals surface area contributed by atoms with Crippen molar-refractivity contribution in [3.63, 3.8) is 0 Å². The van der Waals surface area contributed by atoms with Crippen molar-refractivity contribution in [2.75, 3.05) is 19.6 Å². The van der Waals surface area contributed by atoms with Gasteiger partial charge in [0.15, 0.2) is 0 Å². The molecule has 2 saturated heterocycles.